The number of halogens is 4. The van der Waals surface area contributed by atoms with Crippen molar-refractivity contribution in [2.24, 2.45) is 5.92 Å². The molecular weight excluding hydrogens is 475 g/mol. The summed E-state index contributed by atoms with van der Waals surface area (Å²) in [5, 5.41) is 5.89. The minimum atomic E-state index is -4.46. The van der Waals surface area contributed by atoms with Gasteiger partial charge in [-0.1, -0.05) is 29.8 Å². The summed E-state index contributed by atoms with van der Waals surface area (Å²) in [4.78, 5) is 17.0. The Kier molecular flexibility index (Phi) is 7.59. The van der Waals surface area contributed by atoms with E-state index in [-0.39, 0.29) is 17.5 Å². The molecule has 2 N–H and O–H groups in total. The second-order valence-electron chi connectivity index (χ2n) is 7.93. The number of hydrogen-bond donors (Lipinski definition) is 2. The van der Waals surface area contributed by atoms with Crippen LogP contribution in [0, 0.1) is 5.92 Å². The molecule has 2 aromatic rings. The van der Waals surface area contributed by atoms with E-state index in [9.17, 15) is 18.0 Å². The largest absolute Gasteiger partial charge is 0.416 e. The number of pyridine rings is 1. The molecule has 0 saturated carbocycles. The van der Waals surface area contributed by atoms with Gasteiger partial charge in [0.05, 0.1) is 11.1 Å². The predicted octanol–water partition coefficient (Wildman–Crippen LogP) is 5.89. The average molecular weight is 500 g/mol. The summed E-state index contributed by atoms with van der Waals surface area (Å²) < 4.78 is 44.9. The Bertz CT molecular complexity index is 929. The van der Waals surface area contributed by atoms with Crippen LogP contribution in [-0.4, -0.2) is 30.6 Å². The quantitative estimate of drug-likeness (QED) is 0.520. The smallest absolute Gasteiger partial charge is 0.381 e. The van der Waals surface area contributed by atoms with Crippen LogP contribution in [0.4, 0.5) is 24.7 Å². The molecule has 1 aliphatic heterocycles. The lowest BCUT2D eigenvalue weighted by molar-refractivity contribution is -0.137. The van der Waals surface area contributed by atoms with Gasteiger partial charge in [-0.05, 0) is 54.5 Å². The third kappa shape index (κ3) is 6.43. The minimum absolute atomic E-state index is 0.0284. The first-order valence-corrected chi connectivity index (χ1v) is 10.9. The molecular formula is C22H25BrF3N3O2. The van der Waals surface area contributed by atoms with Crippen LogP contribution < -0.4 is 10.6 Å². The van der Waals surface area contributed by atoms with Gasteiger partial charge in [0.2, 0.25) is 0 Å². The number of amides is 1. The molecule has 168 valence electrons. The standard InChI is InChI=1S/C22H25BrF3N3O2/c1-13(2)18-10-20(29-17-8-15(22(24,25)26)7-16(23)9-17)27-12-19(18)21(30)28-11-14-3-5-31-6-4-14/h7-10,12-14H,3-6,11H2,1-2H3,(H,27,29)(H,28,30). The van der Waals surface area contributed by atoms with Gasteiger partial charge in [-0.25, -0.2) is 4.98 Å². The minimum Gasteiger partial charge on any atom is -0.381 e. The highest BCUT2D eigenvalue weighted by Gasteiger charge is 2.31. The number of alkyl halides is 3. The van der Waals surface area contributed by atoms with Gasteiger partial charge in [-0.2, -0.15) is 13.2 Å². The van der Waals surface area contributed by atoms with Gasteiger partial charge < -0.3 is 15.4 Å². The highest BCUT2D eigenvalue weighted by molar-refractivity contribution is 9.10. The Hall–Kier alpha value is -2.13. The number of aromatic nitrogens is 1. The predicted molar refractivity (Wildman–Crippen MR) is 117 cm³/mol. The molecule has 1 aliphatic rings. The van der Waals surface area contributed by atoms with Gasteiger partial charge in [-0.15, -0.1) is 0 Å². The number of carbonyl (C=O) groups is 1. The molecule has 0 unspecified atom stereocenters. The van der Waals surface area contributed by atoms with E-state index in [1.165, 1.54) is 6.20 Å². The molecule has 31 heavy (non-hydrogen) atoms. The number of carbonyl (C=O) groups excluding carboxylic acids is 1. The Labute approximate surface area is 187 Å². The zero-order valence-electron chi connectivity index (χ0n) is 17.4. The van der Waals surface area contributed by atoms with Crippen molar-refractivity contribution in [2.45, 2.75) is 38.8 Å². The number of hydrogen-bond acceptors (Lipinski definition) is 4. The summed E-state index contributed by atoms with van der Waals surface area (Å²) in [5.41, 5.74) is 0.726. The van der Waals surface area contributed by atoms with E-state index in [2.05, 4.69) is 31.5 Å². The first-order chi connectivity index (χ1) is 14.6. The molecule has 5 nitrogen and oxygen atoms in total. The Morgan fingerprint density at radius 3 is 2.58 bits per heavy atom. The van der Waals surface area contributed by atoms with Crippen LogP contribution in [-0.2, 0) is 10.9 Å². The number of anilines is 2. The first-order valence-electron chi connectivity index (χ1n) is 10.1. The SMILES string of the molecule is CC(C)c1cc(Nc2cc(Br)cc(C(F)(F)F)c2)ncc1C(=O)NCC1CCOCC1. The van der Waals surface area contributed by atoms with Gasteiger partial charge in [0.1, 0.15) is 5.82 Å². The normalized spacial score (nSPS) is 15.2. The number of benzene rings is 1. The highest BCUT2D eigenvalue weighted by atomic mass is 79.9. The molecule has 3 rings (SSSR count). The summed E-state index contributed by atoms with van der Waals surface area (Å²) >= 11 is 3.12. The molecule has 0 aliphatic carbocycles. The van der Waals surface area contributed by atoms with E-state index in [1.54, 1.807) is 12.1 Å². The van der Waals surface area contributed by atoms with Crippen LogP contribution in [0.5, 0.6) is 0 Å². The second kappa shape index (κ2) is 9.99. The van der Waals surface area contributed by atoms with Gasteiger partial charge in [-0.3, -0.25) is 4.79 Å². The molecule has 0 spiro atoms. The first kappa shape index (κ1) is 23.5. The third-order valence-electron chi connectivity index (χ3n) is 5.19. The third-order valence-corrected chi connectivity index (χ3v) is 5.65. The van der Waals surface area contributed by atoms with Crippen LogP contribution in [0.25, 0.3) is 0 Å². The van der Waals surface area contributed by atoms with E-state index < -0.39 is 11.7 Å². The van der Waals surface area contributed by atoms with E-state index in [0.717, 1.165) is 30.5 Å². The monoisotopic (exact) mass is 499 g/mol. The maximum Gasteiger partial charge on any atom is 0.416 e. The van der Waals surface area contributed by atoms with Crippen LogP contribution in [0.15, 0.2) is 34.9 Å². The van der Waals surface area contributed by atoms with Crippen molar-refractivity contribution in [3.05, 3.63) is 51.6 Å². The van der Waals surface area contributed by atoms with Crippen LogP contribution in [0.1, 0.15) is 54.1 Å². The summed E-state index contributed by atoms with van der Waals surface area (Å²) in [6, 6.07) is 5.29. The van der Waals surface area contributed by atoms with Crippen molar-refractivity contribution in [1.82, 2.24) is 10.3 Å². The molecule has 2 heterocycles. The Balaban J connectivity index is 1.77. The zero-order chi connectivity index (χ0) is 22.6. The summed E-state index contributed by atoms with van der Waals surface area (Å²) in [6.07, 6.45) is -1.14. The fourth-order valence-corrected chi connectivity index (χ4v) is 3.96. The second-order valence-corrected chi connectivity index (χ2v) is 8.84. The van der Waals surface area contributed by atoms with Crippen molar-refractivity contribution < 1.29 is 22.7 Å². The Morgan fingerprint density at radius 2 is 1.94 bits per heavy atom. The van der Waals surface area contributed by atoms with Gasteiger partial charge in [0.25, 0.3) is 5.91 Å². The van der Waals surface area contributed by atoms with Crippen LogP contribution >= 0.6 is 15.9 Å². The van der Waals surface area contributed by atoms with Gasteiger partial charge in [0, 0.05) is 36.1 Å². The fraction of sp³-hybridized carbons (Fsp3) is 0.455. The number of nitrogens with one attached hydrogen (secondary N) is 2. The Morgan fingerprint density at radius 1 is 1.23 bits per heavy atom. The molecule has 1 saturated heterocycles. The van der Waals surface area contributed by atoms with E-state index in [1.807, 2.05) is 13.8 Å². The van der Waals surface area contributed by atoms with Gasteiger partial charge >= 0.3 is 6.18 Å². The average Bonchev–Trinajstić information content (AvgIpc) is 2.71. The van der Waals surface area contributed by atoms with Crippen molar-refractivity contribution in [2.75, 3.05) is 25.1 Å². The van der Waals surface area contributed by atoms with Crippen molar-refractivity contribution in [3.8, 4) is 0 Å². The molecule has 9 heteroatoms. The number of nitrogens with zero attached hydrogens (tertiary/aromatic N) is 1. The summed E-state index contributed by atoms with van der Waals surface area (Å²) in [5.74, 6) is 0.598. The maximum atomic E-state index is 13.1. The fourth-order valence-electron chi connectivity index (χ4n) is 3.46. The van der Waals surface area contributed by atoms with Crippen LogP contribution in [0.2, 0.25) is 0 Å². The lowest BCUT2D eigenvalue weighted by atomic mass is 9.97. The molecule has 0 radical (unpaired) electrons. The lowest BCUT2D eigenvalue weighted by Crippen LogP contribution is -2.32. The topological polar surface area (TPSA) is 63.2 Å². The molecule has 1 aromatic carbocycles. The molecule has 1 aromatic heterocycles. The molecule has 1 amide bonds. The summed E-state index contributed by atoms with van der Waals surface area (Å²) in [7, 11) is 0. The summed E-state index contributed by atoms with van der Waals surface area (Å²) in [6.45, 7) is 5.92. The van der Waals surface area contributed by atoms with Crippen LogP contribution in [0.3, 0.4) is 0 Å². The van der Waals surface area contributed by atoms with E-state index >= 15 is 0 Å². The van der Waals surface area contributed by atoms with Crippen molar-refractivity contribution in [1.29, 1.82) is 0 Å². The lowest BCUT2D eigenvalue weighted by Gasteiger charge is -2.22. The van der Waals surface area contributed by atoms with E-state index in [0.29, 0.717) is 41.5 Å². The molecule has 0 bridgehead atoms. The number of rotatable bonds is 6. The highest BCUT2D eigenvalue weighted by Crippen LogP contribution is 2.34. The zero-order valence-corrected chi connectivity index (χ0v) is 18.9. The van der Waals surface area contributed by atoms with Gasteiger partial charge in [0.15, 0.2) is 0 Å². The molecule has 0 atom stereocenters. The van der Waals surface area contributed by atoms with Crippen molar-refractivity contribution >= 4 is 33.3 Å². The van der Waals surface area contributed by atoms with Crippen molar-refractivity contribution in [3.63, 3.8) is 0 Å². The molecule has 1 fully saturated rings. The van der Waals surface area contributed by atoms with E-state index in [4.69, 9.17) is 4.74 Å². The number of ether oxygens (including phenoxy) is 1. The maximum absolute atomic E-state index is 13.1.